The Morgan fingerprint density at radius 1 is 1.24 bits per heavy atom. The van der Waals surface area contributed by atoms with Crippen LogP contribution in [-0.4, -0.2) is 48.9 Å². The molecule has 132 valence electrons. The lowest BCUT2D eigenvalue weighted by atomic mass is 10.2. The van der Waals surface area contributed by atoms with Crippen molar-refractivity contribution < 1.29 is 19.7 Å². The van der Waals surface area contributed by atoms with E-state index in [1.165, 1.54) is 6.20 Å². The number of aliphatic hydroxyl groups is 2. The van der Waals surface area contributed by atoms with Crippen LogP contribution < -0.4 is 11.2 Å². The first-order valence-electron chi connectivity index (χ1n) is 7.53. The molecule has 0 bridgehead atoms. The average Bonchev–Trinajstić information content (AvgIpc) is 2.92. The number of ether oxygens (including phenoxy) is 1. The molecule has 1 aromatic heterocycles. The van der Waals surface area contributed by atoms with E-state index in [0.29, 0.717) is 5.56 Å². The predicted molar refractivity (Wildman–Crippen MR) is 90.5 cm³/mol. The van der Waals surface area contributed by atoms with E-state index in [4.69, 9.17) is 4.74 Å². The molecule has 0 spiro atoms. The van der Waals surface area contributed by atoms with Gasteiger partial charge in [-0.25, -0.2) is 4.79 Å². The molecule has 9 heteroatoms. The summed E-state index contributed by atoms with van der Waals surface area (Å²) < 4.78 is 6.64. The monoisotopic (exact) mass is 364 g/mol. The number of aliphatic hydroxyl groups excluding tert-OH is 2. The Morgan fingerprint density at radius 2 is 1.96 bits per heavy atom. The van der Waals surface area contributed by atoms with Crippen molar-refractivity contribution in [3.05, 3.63) is 69.0 Å². The molecule has 0 radical (unpaired) electrons. The molecular formula is C16H16N2O6S. The van der Waals surface area contributed by atoms with Gasteiger partial charge in [0.2, 0.25) is 5.12 Å². The molecule has 4 atom stereocenters. The summed E-state index contributed by atoms with van der Waals surface area (Å²) in [6.07, 6.45) is -1.87. The normalized spacial score (nSPS) is 25.8. The van der Waals surface area contributed by atoms with E-state index >= 15 is 0 Å². The highest BCUT2D eigenvalue weighted by Gasteiger charge is 2.46. The van der Waals surface area contributed by atoms with Gasteiger partial charge in [-0.15, -0.1) is 0 Å². The van der Waals surface area contributed by atoms with Crippen molar-refractivity contribution in [1.29, 1.82) is 0 Å². The molecule has 3 rings (SSSR count). The van der Waals surface area contributed by atoms with Crippen LogP contribution in [0.2, 0.25) is 0 Å². The zero-order valence-electron chi connectivity index (χ0n) is 12.9. The average molecular weight is 364 g/mol. The van der Waals surface area contributed by atoms with Crippen LogP contribution in [0, 0.1) is 0 Å². The molecule has 0 saturated carbocycles. The number of rotatable bonds is 4. The molecule has 0 amide bonds. The lowest BCUT2D eigenvalue weighted by molar-refractivity contribution is -0.0457. The van der Waals surface area contributed by atoms with Crippen molar-refractivity contribution >= 4 is 16.9 Å². The predicted octanol–water partition coefficient (Wildman–Crippen LogP) is -0.271. The Labute approximate surface area is 146 Å². The SMILES string of the molecule is O=C(SC1C(O)[C@H](CO)O[C@@H]1n1ccc(=O)[nH]c1=O)c1ccccc1. The van der Waals surface area contributed by atoms with Crippen LogP contribution >= 0.6 is 11.8 Å². The molecule has 1 fully saturated rings. The quantitative estimate of drug-likeness (QED) is 0.683. The maximum absolute atomic E-state index is 12.4. The second-order valence-electron chi connectivity index (χ2n) is 5.49. The minimum atomic E-state index is -1.16. The summed E-state index contributed by atoms with van der Waals surface area (Å²) in [6.45, 7) is -0.466. The summed E-state index contributed by atoms with van der Waals surface area (Å²) in [5, 5.41) is 18.6. The van der Waals surface area contributed by atoms with Crippen LogP contribution in [-0.2, 0) is 4.74 Å². The number of nitrogens with zero attached hydrogens (tertiary/aromatic N) is 1. The number of carbonyl (C=O) groups is 1. The number of thioether (sulfide) groups is 1. The molecule has 2 aromatic rings. The maximum Gasteiger partial charge on any atom is 0.330 e. The van der Waals surface area contributed by atoms with Gasteiger partial charge in [0, 0.05) is 17.8 Å². The highest BCUT2D eigenvalue weighted by Crippen LogP contribution is 2.38. The summed E-state index contributed by atoms with van der Waals surface area (Å²) in [6, 6.07) is 9.64. The lowest BCUT2D eigenvalue weighted by Crippen LogP contribution is -2.36. The van der Waals surface area contributed by atoms with Crippen molar-refractivity contribution in [2.45, 2.75) is 23.7 Å². The fourth-order valence-corrected chi connectivity index (χ4v) is 3.76. The molecular weight excluding hydrogens is 348 g/mol. The summed E-state index contributed by atoms with van der Waals surface area (Å²) in [7, 11) is 0. The van der Waals surface area contributed by atoms with Crippen LogP contribution in [0.1, 0.15) is 16.6 Å². The van der Waals surface area contributed by atoms with Crippen LogP contribution in [0.25, 0.3) is 0 Å². The van der Waals surface area contributed by atoms with Gasteiger partial charge in [0.25, 0.3) is 5.56 Å². The lowest BCUT2D eigenvalue weighted by Gasteiger charge is -2.20. The van der Waals surface area contributed by atoms with Crippen molar-refractivity contribution in [3.8, 4) is 0 Å². The molecule has 2 unspecified atom stereocenters. The van der Waals surface area contributed by atoms with Crippen LogP contribution in [0.15, 0.2) is 52.2 Å². The minimum Gasteiger partial charge on any atom is -0.394 e. The third-order valence-corrected chi connectivity index (χ3v) is 5.10. The van der Waals surface area contributed by atoms with Crippen molar-refractivity contribution in [3.63, 3.8) is 0 Å². The molecule has 1 aromatic carbocycles. The Bertz CT molecular complexity index is 865. The van der Waals surface area contributed by atoms with E-state index in [9.17, 15) is 24.6 Å². The molecule has 1 aliphatic heterocycles. The summed E-state index contributed by atoms with van der Waals surface area (Å²) in [4.78, 5) is 37.8. The third kappa shape index (κ3) is 3.59. The number of benzene rings is 1. The number of aromatic nitrogens is 2. The Hall–Kier alpha value is -2.20. The molecule has 2 heterocycles. The van der Waals surface area contributed by atoms with E-state index in [1.807, 2.05) is 0 Å². The first kappa shape index (κ1) is 17.6. The van der Waals surface area contributed by atoms with Crippen LogP contribution in [0.4, 0.5) is 0 Å². The standard InChI is InChI=1S/C16H16N2O6S/c19-8-10-12(21)13(25-15(22)9-4-2-1-3-5-9)14(24-10)18-7-6-11(20)17-16(18)23/h1-7,10,12-14,19,21H,8H2,(H,17,20,23)/t10-,12?,13?,14-/m0/s1. The van der Waals surface area contributed by atoms with Gasteiger partial charge in [-0.3, -0.25) is 19.1 Å². The van der Waals surface area contributed by atoms with Gasteiger partial charge in [0.05, 0.1) is 18.0 Å². The fraction of sp³-hybridized carbons (Fsp3) is 0.312. The van der Waals surface area contributed by atoms with E-state index in [0.717, 1.165) is 22.4 Å². The van der Waals surface area contributed by atoms with Gasteiger partial charge in [-0.2, -0.15) is 0 Å². The molecule has 1 aliphatic rings. The van der Waals surface area contributed by atoms with Gasteiger partial charge >= 0.3 is 5.69 Å². The largest absolute Gasteiger partial charge is 0.394 e. The first-order chi connectivity index (χ1) is 12.0. The first-order valence-corrected chi connectivity index (χ1v) is 8.41. The summed E-state index contributed by atoms with van der Waals surface area (Å²) >= 11 is 0.827. The number of hydrogen-bond donors (Lipinski definition) is 3. The molecule has 0 aliphatic carbocycles. The molecule has 3 N–H and O–H groups in total. The van der Waals surface area contributed by atoms with Gasteiger partial charge < -0.3 is 14.9 Å². The zero-order valence-corrected chi connectivity index (χ0v) is 13.8. The van der Waals surface area contributed by atoms with Crippen molar-refractivity contribution in [1.82, 2.24) is 9.55 Å². The third-order valence-electron chi connectivity index (χ3n) is 3.87. The summed E-state index contributed by atoms with van der Waals surface area (Å²) in [5.41, 5.74) is -0.844. The highest BCUT2D eigenvalue weighted by molar-refractivity contribution is 8.14. The van der Waals surface area contributed by atoms with Gasteiger partial charge in [-0.1, -0.05) is 42.1 Å². The Kier molecular flexibility index (Phi) is 5.19. The Balaban J connectivity index is 1.91. The fourth-order valence-electron chi connectivity index (χ4n) is 2.61. The van der Waals surface area contributed by atoms with E-state index in [2.05, 4.69) is 4.98 Å². The van der Waals surface area contributed by atoms with Gasteiger partial charge in [0.1, 0.15) is 6.10 Å². The number of carbonyl (C=O) groups excluding carboxylic acids is 1. The summed E-state index contributed by atoms with van der Waals surface area (Å²) in [5.74, 6) is 0. The molecule has 1 saturated heterocycles. The minimum absolute atomic E-state index is 0.297. The van der Waals surface area contributed by atoms with Crippen LogP contribution in [0.3, 0.4) is 0 Å². The second-order valence-corrected chi connectivity index (χ2v) is 6.64. The molecule has 8 nitrogen and oxygen atoms in total. The van der Waals surface area contributed by atoms with E-state index < -0.39 is 41.5 Å². The van der Waals surface area contributed by atoms with E-state index in [1.54, 1.807) is 30.3 Å². The van der Waals surface area contributed by atoms with Gasteiger partial charge in [0.15, 0.2) is 6.23 Å². The van der Waals surface area contributed by atoms with Crippen LogP contribution in [0.5, 0.6) is 0 Å². The Morgan fingerprint density at radius 3 is 2.60 bits per heavy atom. The zero-order chi connectivity index (χ0) is 18.0. The topological polar surface area (TPSA) is 122 Å². The smallest absolute Gasteiger partial charge is 0.330 e. The molecule has 25 heavy (non-hydrogen) atoms. The van der Waals surface area contributed by atoms with E-state index in [-0.39, 0.29) is 5.12 Å². The van der Waals surface area contributed by atoms with Crippen molar-refractivity contribution in [2.75, 3.05) is 6.61 Å². The second kappa shape index (κ2) is 7.36. The number of hydrogen-bond acceptors (Lipinski definition) is 7. The number of aromatic amines is 1. The highest BCUT2D eigenvalue weighted by atomic mass is 32.2. The van der Waals surface area contributed by atoms with Crippen molar-refractivity contribution in [2.24, 2.45) is 0 Å². The van der Waals surface area contributed by atoms with Gasteiger partial charge in [-0.05, 0) is 0 Å². The maximum atomic E-state index is 12.4. The number of H-pyrrole nitrogens is 1. The number of nitrogens with one attached hydrogen (secondary N) is 1.